The zero-order chi connectivity index (χ0) is 13.9. The monoisotopic (exact) mass is 263 g/mol. The maximum absolute atomic E-state index is 12.3. The summed E-state index contributed by atoms with van der Waals surface area (Å²) in [7, 11) is 1.63. The largest absolute Gasteiger partial charge is 0.384 e. The number of anilines is 1. The molecule has 19 heavy (non-hydrogen) atoms. The van der Waals surface area contributed by atoms with Gasteiger partial charge in [-0.25, -0.2) is 9.97 Å². The second kappa shape index (κ2) is 5.65. The van der Waals surface area contributed by atoms with Crippen LogP contribution in [0.15, 0.2) is 12.4 Å². The van der Waals surface area contributed by atoms with Gasteiger partial charge in [0.25, 0.3) is 0 Å². The first-order valence-electron chi connectivity index (χ1n) is 6.70. The average molecular weight is 263 g/mol. The van der Waals surface area contributed by atoms with Gasteiger partial charge in [-0.05, 0) is 12.8 Å². The summed E-state index contributed by atoms with van der Waals surface area (Å²) in [6.07, 6.45) is 6.19. The van der Waals surface area contributed by atoms with Crippen LogP contribution in [0.4, 0.5) is 5.69 Å². The summed E-state index contributed by atoms with van der Waals surface area (Å²) < 4.78 is 5.17. The molecule has 0 saturated heterocycles. The molecule has 2 rings (SSSR count). The van der Waals surface area contributed by atoms with Crippen molar-refractivity contribution in [3.05, 3.63) is 18.2 Å². The Balaban J connectivity index is 2.02. The number of ether oxygens (including phenoxy) is 1. The molecule has 0 aromatic carbocycles. The number of aromatic nitrogens is 2. The Hall–Kier alpha value is -1.49. The molecular formula is C14H21N3O2. The fourth-order valence-corrected chi connectivity index (χ4v) is 2.28. The standard InChI is InChI=1S/C14H21N3O2/c1-10(2)12-15-7-11(8-16-12)17-13(18)14(9-19-3)5-4-6-14/h7-8,10H,4-6,9H2,1-3H3,(H,17,18). The van der Waals surface area contributed by atoms with Crippen molar-refractivity contribution in [3.8, 4) is 0 Å². The van der Waals surface area contributed by atoms with Crippen LogP contribution in [-0.4, -0.2) is 29.6 Å². The van der Waals surface area contributed by atoms with Gasteiger partial charge in [0.1, 0.15) is 5.82 Å². The van der Waals surface area contributed by atoms with Crippen LogP contribution in [0.2, 0.25) is 0 Å². The molecule has 0 spiro atoms. The molecule has 1 aromatic rings. The first-order chi connectivity index (χ1) is 9.07. The topological polar surface area (TPSA) is 64.1 Å². The molecule has 5 heteroatoms. The van der Waals surface area contributed by atoms with Crippen LogP contribution in [0, 0.1) is 5.41 Å². The highest BCUT2D eigenvalue weighted by atomic mass is 16.5. The molecule has 0 radical (unpaired) electrons. The van der Waals surface area contributed by atoms with Crippen LogP contribution in [0.1, 0.15) is 44.9 Å². The molecule has 1 amide bonds. The first-order valence-corrected chi connectivity index (χ1v) is 6.70. The van der Waals surface area contributed by atoms with E-state index < -0.39 is 0 Å². The summed E-state index contributed by atoms with van der Waals surface area (Å²) in [5.41, 5.74) is 0.294. The van der Waals surface area contributed by atoms with Crippen molar-refractivity contribution in [2.45, 2.75) is 39.0 Å². The van der Waals surface area contributed by atoms with Crippen molar-refractivity contribution < 1.29 is 9.53 Å². The minimum atomic E-state index is -0.356. The summed E-state index contributed by atoms with van der Waals surface area (Å²) in [6.45, 7) is 4.55. The van der Waals surface area contributed by atoms with E-state index in [2.05, 4.69) is 15.3 Å². The fourth-order valence-electron chi connectivity index (χ4n) is 2.28. The third-order valence-corrected chi connectivity index (χ3v) is 3.66. The number of nitrogens with one attached hydrogen (secondary N) is 1. The highest BCUT2D eigenvalue weighted by molar-refractivity contribution is 5.95. The number of methoxy groups -OCH3 is 1. The SMILES string of the molecule is COCC1(C(=O)Nc2cnc(C(C)C)nc2)CCC1. The van der Waals surface area contributed by atoms with Crippen LogP contribution >= 0.6 is 0 Å². The third-order valence-electron chi connectivity index (χ3n) is 3.66. The van der Waals surface area contributed by atoms with Crippen molar-refractivity contribution in [2.75, 3.05) is 19.0 Å². The van der Waals surface area contributed by atoms with Gasteiger partial charge in [-0.2, -0.15) is 0 Å². The lowest BCUT2D eigenvalue weighted by molar-refractivity contribution is -0.134. The van der Waals surface area contributed by atoms with Gasteiger partial charge in [-0.3, -0.25) is 4.79 Å². The predicted molar refractivity (Wildman–Crippen MR) is 72.9 cm³/mol. The molecule has 0 atom stereocenters. The van der Waals surface area contributed by atoms with Gasteiger partial charge in [0.05, 0.1) is 30.1 Å². The molecule has 1 aliphatic rings. The number of carbonyl (C=O) groups excluding carboxylic acids is 1. The molecule has 1 aromatic heterocycles. The lowest BCUT2D eigenvalue weighted by atomic mass is 9.68. The molecule has 1 heterocycles. The van der Waals surface area contributed by atoms with Crippen LogP contribution < -0.4 is 5.32 Å². The molecular weight excluding hydrogens is 242 g/mol. The number of hydrogen-bond donors (Lipinski definition) is 1. The fraction of sp³-hybridized carbons (Fsp3) is 0.643. The predicted octanol–water partition coefficient (Wildman–Crippen LogP) is 2.36. The smallest absolute Gasteiger partial charge is 0.233 e. The molecule has 1 aliphatic carbocycles. The van der Waals surface area contributed by atoms with E-state index in [4.69, 9.17) is 4.74 Å². The molecule has 0 aliphatic heterocycles. The first kappa shape index (κ1) is 13.9. The lowest BCUT2D eigenvalue weighted by Crippen LogP contribution is -2.45. The second-order valence-corrected chi connectivity index (χ2v) is 5.51. The van der Waals surface area contributed by atoms with Crippen molar-refractivity contribution in [3.63, 3.8) is 0 Å². The molecule has 0 bridgehead atoms. The van der Waals surface area contributed by atoms with E-state index in [1.807, 2.05) is 13.8 Å². The van der Waals surface area contributed by atoms with E-state index in [0.29, 0.717) is 12.3 Å². The summed E-state index contributed by atoms with van der Waals surface area (Å²) >= 11 is 0. The Morgan fingerprint density at radius 1 is 1.42 bits per heavy atom. The zero-order valence-electron chi connectivity index (χ0n) is 11.8. The van der Waals surface area contributed by atoms with Crippen LogP contribution in [0.5, 0.6) is 0 Å². The number of amides is 1. The summed E-state index contributed by atoms with van der Waals surface area (Å²) in [4.78, 5) is 20.8. The highest BCUT2D eigenvalue weighted by Gasteiger charge is 2.44. The Labute approximate surface area is 113 Å². The highest BCUT2D eigenvalue weighted by Crippen LogP contribution is 2.42. The Bertz CT molecular complexity index is 439. The number of carbonyl (C=O) groups is 1. The normalized spacial score (nSPS) is 17.1. The van der Waals surface area contributed by atoms with E-state index in [-0.39, 0.29) is 17.2 Å². The Morgan fingerprint density at radius 2 is 2.05 bits per heavy atom. The average Bonchev–Trinajstić information content (AvgIpc) is 2.34. The minimum Gasteiger partial charge on any atom is -0.384 e. The van der Waals surface area contributed by atoms with E-state index in [0.717, 1.165) is 25.1 Å². The van der Waals surface area contributed by atoms with Crippen LogP contribution in [-0.2, 0) is 9.53 Å². The zero-order valence-corrected chi connectivity index (χ0v) is 11.8. The summed E-state index contributed by atoms with van der Waals surface area (Å²) in [5, 5.41) is 2.89. The lowest BCUT2D eigenvalue weighted by Gasteiger charge is -2.39. The number of hydrogen-bond acceptors (Lipinski definition) is 4. The van der Waals surface area contributed by atoms with Gasteiger partial charge in [0.15, 0.2) is 0 Å². The minimum absolute atomic E-state index is 0.0153. The summed E-state index contributed by atoms with van der Waals surface area (Å²) in [5.74, 6) is 1.09. The van der Waals surface area contributed by atoms with E-state index in [1.54, 1.807) is 19.5 Å². The number of rotatable bonds is 5. The molecule has 1 N–H and O–H groups in total. The molecule has 104 valence electrons. The van der Waals surface area contributed by atoms with Crippen molar-refractivity contribution >= 4 is 11.6 Å². The quantitative estimate of drug-likeness (QED) is 0.885. The maximum Gasteiger partial charge on any atom is 0.233 e. The van der Waals surface area contributed by atoms with Crippen molar-refractivity contribution in [1.29, 1.82) is 0 Å². The number of nitrogens with zero attached hydrogens (tertiary/aromatic N) is 2. The summed E-state index contributed by atoms with van der Waals surface area (Å²) in [6, 6.07) is 0. The van der Waals surface area contributed by atoms with Gasteiger partial charge in [-0.1, -0.05) is 20.3 Å². The van der Waals surface area contributed by atoms with Crippen LogP contribution in [0.25, 0.3) is 0 Å². The molecule has 1 saturated carbocycles. The van der Waals surface area contributed by atoms with Crippen molar-refractivity contribution in [2.24, 2.45) is 5.41 Å². The van der Waals surface area contributed by atoms with Gasteiger partial charge in [-0.15, -0.1) is 0 Å². The van der Waals surface area contributed by atoms with Gasteiger partial charge < -0.3 is 10.1 Å². The second-order valence-electron chi connectivity index (χ2n) is 5.51. The third kappa shape index (κ3) is 2.92. The van der Waals surface area contributed by atoms with Crippen molar-refractivity contribution in [1.82, 2.24) is 9.97 Å². The van der Waals surface area contributed by atoms with Gasteiger partial charge in [0.2, 0.25) is 5.91 Å². The maximum atomic E-state index is 12.3. The molecule has 5 nitrogen and oxygen atoms in total. The molecule has 0 unspecified atom stereocenters. The Kier molecular flexibility index (Phi) is 4.14. The van der Waals surface area contributed by atoms with E-state index in [1.165, 1.54) is 0 Å². The van der Waals surface area contributed by atoms with Gasteiger partial charge in [0, 0.05) is 13.0 Å². The Morgan fingerprint density at radius 3 is 2.47 bits per heavy atom. The van der Waals surface area contributed by atoms with E-state index >= 15 is 0 Å². The van der Waals surface area contributed by atoms with Crippen LogP contribution in [0.3, 0.4) is 0 Å². The molecule has 1 fully saturated rings. The van der Waals surface area contributed by atoms with Gasteiger partial charge >= 0.3 is 0 Å². The van der Waals surface area contributed by atoms with E-state index in [9.17, 15) is 4.79 Å².